The molecule has 1 aliphatic rings. The first-order valence-electron chi connectivity index (χ1n) is 7.96. The third kappa shape index (κ3) is 1.75. The number of hydrogen-bond donors (Lipinski definition) is 0. The predicted octanol–water partition coefficient (Wildman–Crippen LogP) is 5.18. The zero-order chi connectivity index (χ0) is 15.3. The number of benzene rings is 3. The first kappa shape index (κ1) is 13.3. The maximum atomic E-state index is 12.9. The maximum Gasteiger partial charge on any atom is 0.194 e. The normalized spacial score (nSPS) is 12.5. The predicted molar refractivity (Wildman–Crippen MR) is 91.6 cm³/mol. The van der Waals surface area contributed by atoms with Crippen LogP contribution < -0.4 is 0 Å². The molecule has 0 bridgehead atoms. The van der Waals surface area contributed by atoms with Gasteiger partial charge < -0.3 is 0 Å². The molecule has 1 heteroatoms. The van der Waals surface area contributed by atoms with Crippen molar-refractivity contribution in [2.75, 3.05) is 0 Å². The highest BCUT2D eigenvalue weighted by molar-refractivity contribution is 6.27. The van der Waals surface area contributed by atoms with Crippen LogP contribution in [0.2, 0.25) is 0 Å². The van der Waals surface area contributed by atoms with Crippen LogP contribution in [0.25, 0.3) is 21.9 Å². The molecule has 0 aromatic heterocycles. The molecule has 0 amide bonds. The Morgan fingerprint density at radius 2 is 1.41 bits per heavy atom. The van der Waals surface area contributed by atoms with Gasteiger partial charge in [0.05, 0.1) is 0 Å². The minimum Gasteiger partial charge on any atom is -0.289 e. The van der Waals surface area contributed by atoms with Crippen LogP contribution >= 0.6 is 0 Å². The number of rotatable bonds is 2. The Morgan fingerprint density at radius 3 is 2.18 bits per heavy atom. The van der Waals surface area contributed by atoms with E-state index in [4.69, 9.17) is 0 Å². The van der Waals surface area contributed by atoms with Crippen molar-refractivity contribution in [3.8, 4) is 11.1 Å². The highest BCUT2D eigenvalue weighted by Crippen LogP contribution is 2.40. The summed E-state index contributed by atoms with van der Waals surface area (Å²) >= 11 is 0. The van der Waals surface area contributed by atoms with Gasteiger partial charge in [0.2, 0.25) is 0 Å². The molecule has 4 rings (SSSR count). The van der Waals surface area contributed by atoms with E-state index in [0.29, 0.717) is 0 Å². The summed E-state index contributed by atoms with van der Waals surface area (Å²) in [6.07, 6.45) is 1.97. The number of fused-ring (bicyclic) bond motifs is 5. The second-order valence-electron chi connectivity index (χ2n) is 5.96. The number of hydrogen-bond acceptors (Lipinski definition) is 1. The van der Waals surface area contributed by atoms with Crippen LogP contribution in [-0.4, -0.2) is 5.78 Å². The summed E-state index contributed by atoms with van der Waals surface area (Å²) < 4.78 is 0. The summed E-state index contributed by atoms with van der Waals surface area (Å²) in [5.41, 5.74) is 6.43. The molecule has 0 atom stereocenters. The molecule has 3 aromatic carbocycles. The molecule has 0 aliphatic heterocycles. The number of aryl methyl sites for hydroxylation is 2. The van der Waals surface area contributed by atoms with Gasteiger partial charge in [-0.15, -0.1) is 0 Å². The zero-order valence-corrected chi connectivity index (χ0v) is 12.9. The van der Waals surface area contributed by atoms with Crippen molar-refractivity contribution in [3.63, 3.8) is 0 Å². The van der Waals surface area contributed by atoms with Crippen LogP contribution in [-0.2, 0) is 12.8 Å². The summed E-state index contributed by atoms with van der Waals surface area (Å²) in [5.74, 6) is 0.176. The zero-order valence-electron chi connectivity index (χ0n) is 12.9. The summed E-state index contributed by atoms with van der Waals surface area (Å²) in [7, 11) is 0. The van der Waals surface area contributed by atoms with Crippen molar-refractivity contribution in [2.45, 2.75) is 26.7 Å². The summed E-state index contributed by atoms with van der Waals surface area (Å²) in [6.45, 7) is 4.28. The van der Waals surface area contributed by atoms with Gasteiger partial charge in [0.1, 0.15) is 0 Å². The second-order valence-corrected chi connectivity index (χ2v) is 5.96. The molecule has 0 saturated heterocycles. The first-order valence-corrected chi connectivity index (χ1v) is 7.96. The molecule has 0 saturated carbocycles. The molecule has 3 aromatic rings. The van der Waals surface area contributed by atoms with Crippen molar-refractivity contribution in [3.05, 3.63) is 70.8 Å². The van der Waals surface area contributed by atoms with Crippen molar-refractivity contribution in [1.29, 1.82) is 0 Å². The third-order valence-corrected chi connectivity index (χ3v) is 4.75. The molecular weight excluding hydrogens is 268 g/mol. The Morgan fingerprint density at radius 1 is 0.727 bits per heavy atom. The number of ketones is 1. The lowest BCUT2D eigenvalue weighted by atomic mass is 9.97. The average molecular weight is 286 g/mol. The fraction of sp³-hybridized carbons (Fsp3) is 0.190. The van der Waals surface area contributed by atoms with Crippen LogP contribution in [0.3, 0.4) is 0 Å². The summed E-state index contributed by atoms with van der Waals surface area (Å²) in [5, 5.41) is 2.24. The summed E-state index contributed by atoms with van der Waals surface area (Å²) in [6, 6.07) is 17.0. The van der Waals surface area contributed by atoms with Crippen molar-refractivity contribution in [1.82, 2.24) is 0 Å². The minimum atomic E-state index is 0.176. The summed E-state index contributed by atoms with van der Waals surface area (Å²) in [4.78, 5) is 12.9. The van der Waals surface area contributed by atoms with Gasteiger partial charge in [-0.25, -0.2) is 0 Å². The van der Waals surface area contributed by atoms with E-state index < -0.39 is 0 Å². The van der Waals surface area contributed by atoms with Crippen molar-refractivity contribution < 1.29 is 4.79 Å². The molecule has 0 fully saturated rings. The molecule has 0 spiro atoms. The van der Waals surface area contributed by atoms with Gasteiger partial charge in [0.15, 0.2) is 5.78 Å². The van der Waals surface area contributed by atoms with E-state index in [1.54, 1.807) is 0 Å². The van der Waals surface area contributed by atoms with Crippen LogP contribution in [0.15, 0.2) is 48.5 Å². The SMILES string of the molecule is CCc1ccc2c(c1)C(=O)c1c-2ccc2cc(CC)ccc12. The van der Waals surface area contributed by atoms with Gasteiger partial charge in [0, 0.05) is 11.1 Å². The first-order chi connectivity index (χ1) is 10.7. The largest absolute Gasteiger partial charge is 0.289 e. The van der Waals surface area contributed by atoms with E-state index in [1.165, 1.54) is 11.1 Å². The third-order valence-electron chi connectivity index (χ3n) is 4.75. The van der Waals surface area contributed by atoms with Gasteiger partial charge in [-0.1, -0.05) is 56.3 Å². The molecule has 22 heavy (non-hydrogen) atoms. The quantitative estimate of drug-likeness (QED) is 0.496. The smallest absolute Gasteiger partial charge is 0.194 e. The van der Waals surface area contributed by atoms with E-state index in [1.807, 2.05) is 0 Å². The fourth-order valence-corrected chi connectivity index (χ4v) is 3.44. The topological polar surface area (TPSA) is 17.1 Å². The highest BCUT2D eigenvalue weighted by Gasteiger charge is 2.28. The van der Waals surface area contributed by atoms with Crippen LogP contribution in [0.1, 0.15) is 40.9 Å². The Kier molecular flexibility index (Phi) is 2.90. The lowest BCUT2D eigenvalue weighted by Gasteiger charge is -2.06. The van der Waals surface area contributed by atoms with Crippen molar-refractivity contribution in [2.24, 2.45) is 0 Å². The molecule has 1 nitrogen and oxygen atoms in total. The number of carbonyl (C=O) groups excluding carboxylic acids is 1. The molecule has 1 aliphatic carbocycles. The Labute approximate surface area is 130 Å². The van der Waals surface area contributed by atoms with E-state index in [-0.39, 0.29) is 5.78 Å². The number of carbonyl (C=O) groups is 1. The van der Waals surface area contributed by atoms with Gasteiger partial charge >= 0.3 is 0 Å². The minimum absolute atomic E-state index is 0.176. The standard InChI is InChI=1S/C21H18O/c1-3-13-5-8-16-15(11-13)7-10-18-17-9-6-14(4-2)12-19(17)21(22)20(16)18/h5-12H,3-4H2,1-2H3. The molecule has 0 heterocycles. The van der Waals surface area contributed by atoms with E-state index in [9.17, 15) is 4.79 Å². The van der Waals surface area contributed by atoms with Crippen LogP contribution in [0.4, 0.5) is 0 Å². The Hall–Kier alpha value is -2.41. The van der Waals surface area contributed by atoms with E-state index >= 15 is 0 Å². The van der Waals surface area contributed by atoms with Gasteiger partial charge in [0.25, 0.3) is 0 Å². The van der Waals surface area contributed by atoms with Gasteiger partial charge in [-0.2, -0.15) is 0 Å². The second kappa shape index (κ2) is 4.81. The maximum absolute atomic E-state index is 12.9. The molecule has 0 N–H and O–H groups in total. The average Bonchev–Trinajstić information content (AvgIpc) is 2.86. The molecular formula is C21H18O. The molecule has 108 valence electrons. The lowest BCUT2D eigenvalue weighted by Crippen LogP contribution is -1.97. The molecule has 0 unspecified atom stereocenters. The van der Waals surface area contributed by atoms with Crippen LogP contribution in [0, 0.1) is 0 Å². The van der Waals surface area contributed by atoms with Crippen molar-refractivity contribution >= 4 is 16.6 Å². The van der Waals surface area contributed by atoms with Crippen LogP contribution in [0.5, 0.6) is 0 Å². The van der Waals surface area contributed by atoms with E-state index in [2.05, 4.69) is 62.4 Å². The molecule has 0 radical (unpaired) electrons. The monoisotopic (exact) mass is 286 g/mol. The fourth-order valence-electron chi connectivity index (χ4n) is 3.44. The Bertz CT molecular complexity index is 919. The Balaban J connectivity index is 2.00. The highest BCUT2D eigenvalue weighted by atomic mass is 16.1. The van der Waals surface area contributed by atoms with E-state index in [0.717, 1.165) is 45.9 Å². The van der Waals surface area contributed by atoms with Gasteiger partial charge in [-0.3, -0.25) is 4.79 Å². The van der Waals surface area contributed by atoms with Gasteiger partial charge in [-0.05, 0) is 51.9 Å². The lowest BCUT2D eigenvalue weighted by molar-refractivity contribution is 0.104.